The van der Waals surface area contributed by atoms with Crippen LogP contribution in [0.15, 0.2) is 11.4 Å². The lowest BCUT2D eigenvalue weighted by molar-refractivity contribution is 0.606. The molecule has 0 unspecified atom stereocenters. The first-order valence-corrected chi connectivity index (χ1v) is 6.44. The zero-order valence-corrected chi connectivity index (χ0v) is 10.6. The van der Waals surface area contributed by atoms with Crippen LogP contribution in [-0.4, -0.2) is 22.8 Å². The molecule has 0 aliphatic rings. The predicted molar refractivity (Wildman–Crippen MR) is 66.5 cm³/mol. The molecule has 1 heterocycles. The Morgan fingerprint density at radius 1 is 1.50 bits per heavy atom. The summed E-state index contributed by atoms with van der Waals surface area (Å²) in [5.74, 6) is 1.28. The molecule has 0 aliphatic carbocycles. The van der Waals surface area contributed by atoms with Gasteiger partial charge in [0.25, 0.3) is 0 Å². The highest BCUT2D eigenvalue weighted by Gasteiger charge is 2.09. The molecule has 0 fully saturated rings. The van der Waals surface area contributed by atoms with Crippen molar-refractivity contribution in [2.75, 3.05) is 18.1 Å². The zero-order valence-electron chi connectivity index (χ0n) is 9.82. The van der Waals surface area contributed by atoms with Crippen LogP contribution in [-0.2, 0) is 0 Å². The van der Waals surface area contributed by atoms with Gasteiger partial charge in [-0.1, -0.05) is 13.8 Å². The summed E-state index contributed by atoms with van der Waals surface area (Å²) < 4.78 is 0. The summed E-state index contributed by atoms with van der Waals surface area (Å²) in [5.41, 5.74) is 0.541. The summed E-state index contributed by atoms with van der Waals surface area (Å²) in [4.78, 5) is 8.16. The highest BCUT2D eigenvalue weighted by molar-refractivity contribution is 7.98. The van der Waals surface area contributed by atoms with Gasteiger partial charge >= 0.3 is 0 Å². The average Bonchev–Trinajstić information content (AvgIpc) is 2.28. The Balaban J connectivity index is 2.76. The Kier molecular flexibility index (Phi) is 5.06. The molecule has 0 radical (unpaired) electrons. The summed E-state index contributed by atoms with van der Waals surface area (Å²) in [7, 11) is 0. The van der Waals surface area contributed by atoms with Crippen LogP contribution in [0.1, 0.15) is 25.8 Å². The minimum Gasteiger partial charge on any atom is -0.369 e. The fraction of sp³-hybridized carbons (Fsp3) is 0.545. The van der Waals surface area contributed by atoms with Crippen molar-refractivity contribution in [3.8, 4) is 6.07 Å². The number of anilines is 1. The Hall–Kier alpha value is -1.28. The molecule has 0 aliphatic heterocycles. The van der Waals surface area contributed by atoms with Crippen molar-refractivity contribution in [2.45, 2.75) is 25.3 Å². The van der Waals surface area contributed by atoms with E-state index in [4.69, 9.17) is 5.26 Å². The molecule has 0 saturated heterocycles. The second-order valence-corrected chi connectivity index (χ2v) is 4.62. The van der Waals surface area contributed by atoms with Crippen LogP contribution < -0.4 is 5.32 Å². The van der Waals surface area contributed by atoms with Gasteiger partial charge in [-0.2, -0.15) is 5.26 Å². The van der Waals surface area contributed by atoms with E-state index < -0.39 is 0 Å². The van der Waals surface area contributed by atoms with E-state index in [-0.39, 0.29) is 0 Å². The number of thioether (sulfide) groups is 1. The van der Waals surface area contributed by atoms with E-state index in [0.29, 0.717) is 17.3 Å². The molecule has 1 rings (SSSR count). The maximum Gasteiger partial charge on any atom is 0.148 e. The lowest BCUT2D eigenvalue weighted by atomic mass is 10.1. The first-order chi connectivity index (χ1) is 7.69. The smallest absolute Gasteiger partial charge is 0.148 e. The van der Waals surface area contributed by atoms with Crippen LogP contribution in [0.3, 0.4) is 0 Å². The molecule has 4 nitrogen and oxygen atoms in total. The van der Waals surface area contributed by atoms with Gasteiger partial charge in [0.2, 0.25) is 0 Å². The third-order valence-electron chi connectivity index (χ3n) is 2.13. The number of rotatable bonds is 5. The van der Waals surface area contributed by atoms with Crippen LogP contribution in [0.5, 0.6) is 0 Å². The van der Waals surface area contributed by atoms with Crippen molar-refractivity contribution in [2.24, 2.45) is 5.92 Å². The topological polar surface area (TPSA) is 61.6 Å². The van der Waals surface area contributed by atoms with Crippen molar-refractivity contribution in [1.29, 1.82) is 5.26 Å². The van der Waals surface area contributed by atoms with Gasteiger partial charge in [0.15, 0.2) is 0 Å². The zero-order chi connectivity index (χ0) is 12.0. The predicted octanol–water partition coefficient (Wildman–Crippen LogP) is 2.53. The van der Waals surface area contributed by atoms with Gasteiger partial charge in [0, 0.05) is 6.54 Å². The highest BCUT2D eigenvalue weighted by atomic mass is 32.2. The number of nitriles is 1. The maximum atomic E-state index is 9.06. The summed E-state index contributed by atoms with van der Waals surface area (Å²) >= 11 is 1.46. The van der Waals surface area contributed by atoms with Gasteiger partial charge in [-0.3, -0.25) is 0 Å². The molecule has 86 valence electrons. The molecule has 0 amide bonds. The summed E-state index contributed by atoms with van der Waals surface area (Å²) in [6.45, 7) is 5.16. The molecule has 5 heteroatoms. The lowest BCUT2D eigenvalue weighted by Crippen LogP contribution is -2.08. The quantitative estimate of drug-likeness (QED) is 0.628. The first-order valence-electron chi connectivity index (χ1n) is 5.22. The Labute approximate surface area is 100 Å². The molecule has 1 aromatic heterocycles. The maximum absolute atomic E-state index is 9.06. The van der Waals surface area contributed by atoms with Crippen LogP contribution in [0.2, 0.25) is 0 Å². The van der Waals surface area contributed by atoms with E-state index in [1.54, 1.807) is 0 Å². The number of aromatic nitrogens is 2. The number of hydrogen-bond donors (Lipinski definition) is 1. The molecular weight excluding hydrogens is 220 g/mol. The minimum absolute atomic E-state index is 0.541. The third kappa shape index (κ3) is 3.38. The van der Waals surface area contributed by atoms with Gasteiger partial charge < -0.3 is 5.32 Å². The van der Waals surface area contributed by atoms with Gasteiger partial charge in [0.1, 0.15) is 28.8 Å². The van der Waals surface area contributed by atoms with Crippen LogP contribution in [0.25, 0.3) is 0 Å². The molecular formula is C11H16N4S. The van der Waals surface area contributed by atoms with Gasteiger partial charge in [0.05, 0.1) is 0 Å². The SMILES string of the molecule is CSc1ncnc(NCCC(C)C)c1C#N. The summed E-state index contributed by atoms with van der Waals surface area (Å²) in [6, 6.07) is 2.14. The fourth-order valence-electron chi connectivity index (χ4n) is 1.24. The first kappa shape index (κ1) is 12.8. The number of hydrogen-bond acceptors (Lipinski definition) is 5. The van der Waals surface area contributed by atoms with Crippen LogP contribution >= 0.6 is 11.8 Å². The Morgan fingerprint density at radius 3 is 2.81 bits per heavy atom. The van der Waals surface area contributed by atoms with Crippen molar-refractivity contribution >= 4 is 17.6 Å². The molecule has 1 N–H and O–H groups in total. The third-order valence-corrected chi connectivity index (χ3v) is 2.83. The molecule has 1 aromatic rings. The van der Waals surface area contributed by atoms with E-state index in [0.717, 1.165) is 18.0 Å². The monoisotopic (exact) mass is 236 g/mol. The molecule has 0 atom stereocenters. The summed E-state index contributed by atoms with van der Waals surface area (Å²) in [5, 5.41) is 13.0. The Bertz CT molecular complexity index is 384. The average molecular weight is 236 g/mol. The lowest BCUT2D eigenvalue weighted by Gasteiger charge is -2.09. The van der Waals surface area contributed by atoms with E-state index in [2.05, 4.69) is 35.2 Å². The van der Waals surface area contributed by atoms with Crippen molar-refractivity contribution in [3.63, 3.8) is 0 Å². The standard InChI is InChI=1S/C11H16N4S/c1-8(2)4-5-13-10-9(6-12)11(16-3)15-7-14-10/h7-8H,4-5H2,1-3H3,(H,13,14,15). The molecule has 16 heavy (non-hydrogen) atoms. The second-order valence-electron chi connectivity index (χ2n) is 3.83. The van der Waals surface area contributed by atoms with Gasteiger partial charge in [-0.15, -0.1) is 11.8 Å². The molecule has 0 spiro atoms. The van der Waals surface area contributed by atoms with Crippen molar-refractivity contribution in [1.82, 2.24) is 9.97 Å². The van der Waals surface area contributed by atoms with Gasteiger partial charge in [-0.25, -0.2) is 9.97 Å². The summed E-state index contributed by atoms with van der Waals surface area (Å²) in [6.07, 6.45) is 4.45. The largest absolute Gasteiger partial charge is 0.369 e. The molecule has 0 saturated carbocycles. The Morgan fingerprint density at radius 2 is 2.25 bits per heavy atom. The van der Waals surface area contributed by atoms with E-state index in [9.17, 15) is 0 Å². The second kappa shape index (κ2) is 6.33. The molecule has 0 bridgehead atoms. The number of nitrogens with one attached hydrogen (secondary N) is 1. The van der Waals surface area contributed by atoms with E-state index in [1.165, 1.54) is 18.1 Å². The van der Waals surface area contributed by atoms with Crippen molar-refractivity contribution < 1.29 is 0 Å². The normalized spacial score (nSPS) is 10.2. The van der Waals surface area contributed by atoms with Crippen molar-refractivity contribution in [3.05, 3.63) is 11.9 Å². The van der Waals surface area contributed by atoms with Crippen LogP contribution in [0, 0.1) is 17.2 Å². The van der Waals surface area contributed by atoms with E-state index in [1.807, 2.05) is 6.26 Å². The van der Waals surface area contributed by atoms with Gasteiger partial charge in [-0.05, 0) is 18.6 Å². The highest BCUT2D eigenvalue weighted by Crippen LogP contribution is 2.21. The number of nitrogens with zero attached hydrogens (tertiary/aromatic N) is 3. The van der Waals surface area contributed by atoms with Crippen LogP contribution in [0.4, 0.5) is 5.82 Å². The molecule has 0 aromatic carbocycles. The fourth-order valence-corrected chi connectivity index (χ4v) is 1.74. The van der Waals surface area contributed by atoms with E-state index >= 15 is 0 Å². The minimum atomic E-state index is 0.541.